The SMILES string of the molecule is O=C(O)c1cc(C(=O)O)n2c1CSCC2. The van der Waals surface area contributed by atoms with Crippen LogP contribution in [0.2, 0.25) is 0 Å². The molecule has 2 rings (SSSR count). The van der Waals surface area contributed by atoms with Crippen LogP contribution in [0, 0.1) is 0 Å². The van der Waals surface area contributed by atoms with E-state index in [2.05, 4.69) is 0 Å². The number of aromatic nitrogens is 1. The molecule has 0 saturated carbocycles. The van der Waals surface area contributed by atoms with Crippen LogP contribution in [0.15, 0.2) is 6.07 Å². The molecule has 0 aromatic carbocycles. The Morgan fingerprint density at radius 1 is 1.33 bits per heavy atom. The number of nitrogens with zero attached hydrogens (tertiary/aromatic N) is 1. The molecular weight excluding hydrogens is 218 g/mol. The van der Waals surface area contributed by atoms with Crippen molar-refractivity contribution in [3.05, 3.63) is 23.0 Å². The third kappa shape index (κ3) is 1.61. The summed E-state index contributed by atoms with van der Waals surface area (Å²) in [5.41, 5.74) is 0.790. The van der Waals surface area contributed by atoms with Crippen LogP contribution in [0.1, 0.15) is 26.5 Å². The zero-order valence-electron chi connectivity index (χ0n) is 7.77. The van der Waals surface area contributed by atoms with Crippen molar-refractivity contribution in [2.24, 2.45) is 0 Å². The van der Waals surface area contributed by atoms with Crippen LogP contribution >= 0.6 is 11.8 Å². The average molecular weight is 227 g/mol. The van der Waals surface area contributed by atoms with Crippen molar-refractivity contribution in [1.29, 1.82) is 0 Å². The second-order valence-corrected chi connectivity index (χ2v) is 4.31. The van der Waals surface area contributed by atoms with Crippen LogP contribution in [0.3, 0.4) is 0 Å². The van der Waals surface area contributed by atoms with Gasteiger partial charge in [0.05, 0.1) is 5.56 Å². The highest BCUT2D eigenvalue weighted by atomic mass is 32.2. The summed E-state index contributed by atoms with van der Waals surface area (Å²) in [6.07, 6.45) is 0. The Balaban J connectivity index is 2.59. The summed E-state index contributed by atoms with van der Waals surface area (Å²) in [6, 6.07) is 1.24. The Morgan fingerprint density at radius 3 is 2.67 bits per heavy atom. The molecule has 0 spiro atoms. The van der Waals surface area contributed by atoms with Crippen LogP contribution in [-0.2, 0) is 12.3 Å². The molecule has 0 unspecified atom stereocenters. The van der Waals surface area contributed by atoms with Crippen LogP contribution in [-0.4, -0.2) is 32.5 Å². The maximum Gasteiger partial charge on any atom is 0.352 e. The van der Waals surface area contributed by atoms with Crippen molar-refractivity contribution >= 4 is 23.7 Å². The molecule has 1 aromatic heterocycles. The third-order valence-corrected chi connectivity index (χ3v) is 3.30. The van der Waals surface area contributed by atoms with Gasteiger partial charge >= 0.3 is 11.9 Å². The number of carboxylic acids is 2. The van der Waals surface area contributed by atoms with E-state index < -0.39 is 11.9 Å². The average Bonchev–Trinajstić information content (AvgIpc) is 2.56. The van der Waals surface area contributed by atoms with Gasteiger partial charge in [-0.2, -0.15) is 11.8 Å². The first-order valence-corrected chi connectivity index (χ1v) is 5.53. The Morgan fingerprint density at radius 2 is 2.07 bits per heavy atom. The van der Waals surface area contributed by atoms with E-state index in [0.717, 1.165) is 5.75 Å². The highest BCUT2D eigenvalue weighted by Crippen LogP contribution is 2.26. The Bertz CT molecular complexity index is 399. The topological polar surface area (TPSA) is 79.5 Å². The number of fused-ring (bicyclic) bond motifs is 1. The zero-order chi connectivity index (χ0) is 11.0. The molecule has 80 valence electrons. The minimum Gasteiger partial charge on any atom is -0.478 e. The standard InChI is InChI=1S/C9H9NO4S/c11-8(12)5-3-6(9(13)14)10-1-2-15-4-7(5)10/h3H,1-2,4H2,(H,11,12)(H,13,14). The number of carbonyl (C=O) groups is 2. The number of aromatic carboxylic acids is 2. The van der Waals surface area contributed by atoms with Crippen LogP contribution < -0.4 is 0 Å². The summed E-state index contributed by atoms with van der Waals surface area (Å²) < 4.78 is 1.59. The molecule has 15 heavy (non-hydrogen) atoms. The summed E-state index contributed by atoms with van der Waals surface area (Å²) >= 11 is 1.62. The van der Waals surface area contributed by atoms with Crippen molar-refractivity contribution in [3.63, 3.8) is 0 Å². The maximum atomic E-state index is 10.9. The van der Waals surface area contributed by atoms with Gasteiger partial charge in [0, 0.05) is 23.7 Å². The predicted molar refractivity (Wildman–Crippen MR) is 54.5 cm³/mol. The van der Waals surface area contributed by atoms with E-state index in [1.807, 2.05) is 0 Å². The van der Waals surface area contributed by atoms with Crippen molar-refractivity contribution in [3.8, 4) is 0 Å². The molecule has 2 N–H and O–H groups in total. The smallest absolute Gasteiger partial charge is 0.352 e. The Hall–Kier alpha value is -1.43. The fourth-order valence-electron chi connectivity index (χ4n) is 1.69. The van der Waals surface area contributed by atoms with E-state index in [1.165, 1.54) is 6.07 Å². The third-order valence-electron chi connectivity index (χ3n) is 2.36. The van der Waals surface area contributed by atoms with Gasteiger partial charge < -0.3 is 14.8 Å². The monoisotopic (exact) mass is 227 g/mol. The van der Waals surface area contributed by atoms with Gasteiger partial charge in [0.1, 0.15) is 5.69 Å². The van der Waals surface area contributed by atoms with Gasteiger partial charge in [0.2, 0.25) is 0 Å². The molecule has 1 aromatic rings. The molecular formula is C9H9NO4S. The first-order valence-electron chi connectivity index (χ1n) is 4.38. The predicted octanol–water partition coefficient (Wildman–Crippen LogP) is 1.13. The second kappa shape index (κ2) is 3.62. The fourth-order valence-corrected chi connectivity index (χ4v) is 2.65. The molecule has 1 aliphatic heterocycles. The van der Waals surface area contributed by atoms with Gasteiger partial charge in [0.15, 0.2) is 0 Å². The highest BCUT2D eigenvalue weighted by Gasteiger charge is 2.24. The van der Waals surface area contributed by atoms with Gasteiger partial charge in [-0.05, 0) is 6.07 Å². The van der Waals surface area contributed by atoms with Crippen LogP contribution in [0.5, 0.6) is 0 Å². The Labute approximate surface area is 89.7 Å². The molecule has 0 aliphatic carbocycles. The van der Waals surface area contributed by atoms with E-state index >= 15 is 0 Å². The molecule has 0 bridgehead atoms. The minimum absolute atomic E-state index is 0.0719. The second-order valence-electron chi connectivity index (χ2n) is 3.20. The number of carboxylic acid groups (broad SMARTS) is 2. The molecule has 0 atom stereocenters. The van der Waals surface area contributed by atoms with Crippen molar-refractivity contribution < 1.29 is 19.8 Å². The molecule has 6 heteroatoms. The number of rotatable bonds is 2. The van der Waals surface area contributed by atoms with Gasteiger partial charge in [0.25, 0.3) is 0 Å². The number of hydrogen-bond donors (Lipinski definition) is 2. The summed E-state index contributed by atoms with van der Waals surface area (Å²) in [7, 11) is 0. The van der Waals surface area contributed by atoms with Gasteiger partial charge in [-0.15, -0.1) is 0 Å². The van der Waals surface area contributed by atoms with Crippen molar-refractivity contribution in [1.82, 2.24) is 4.57 Å². The summed E-state index contributed by atoms with van der Waals surface area (Å²) in [5, 5.41) is 17.8. The maximum absolute atomic E-state index is 10.9. The van der Waals surface area contributed by atoms with E-state index in [1.54, 1.807) is 16.3 Å². The fraction of sp³-hybridized carbons (Fsp3) is 0.333. The molecule has 0 saturated heterocycles. The van der Waals surface area contributed by atoms with Gasteiger partial charge in [-0.1, -0.05) is 0 Å². The van der Waals surface area contributed by atoms with E-state index in [-0.39, 0.29) is 11.3 Å². The summed E-state index contributed by atoms with van der Waals surface area (Å²) in [5.74, 6) is -0.750. The van der Waals surface area contributed by atoms with E-state index in [9.17, 15) is 9.59 Å². The number of thioether (sulfide) groups is 1. The molecule has 5 nitrogen and oxygen atoms in total. The molecule has 1 aliphatic rings. The van der Waals surface area contributed by atoms with Gasteiger partial charge in [-0.25, -0.2) is 9.59 Å². The summed E-state index contributed by atoms with van der Waals surface area (Å²) in [6.45, 7) is 0.564. The molecule has 0 amide bonds. The normalized spacial score (nSPS) is 14.7. The van der Waals surface area contributed by atoms with E-state index in [0.29, 0.717) is 18.0 Å². The van der Waals surface area contributed by atoms with Crippen LogP contribution in [0.25, 0.3) is 0 Å². The quantitative estimate of drug-likeness (QED) is 0.791. The molecule has 2 heterocycles. The lowest BCUT2D eigenvalue weighted by Gasteiger charge is -2.16. The Kier molecular flexibility index (Phi) is 2.44. The van der Waals surface area contributed by atoms with Crippen molar-refractivity contribution in [2.75, 3.05) is 5.75 Å². The highest BCUT2D eigenvalue weighted by molar-refractivity contribution is 7.98. The lowest BCUT2D eigenvalue weighted by Crippen LogP contribution is -2.16. The molecule has 0 fully saturated rings. The van der Waals surface area contributed by atoms with E-state index in [4.69, 9.17) is 10.2 Å². The zero-order valence-corrected chi connectivity index (χ0v) is 8.58. The lowest BCUT2D eigenvalue weighted by molar-refractivity contribution is 0.0681. The lowest BCUT2D eigenvalue weighted by atomic mass is 10.2. The molecule has 0 radical (unpaired) electrons. The first-order chi connectivity index (χ1) is 7.11. The summed E-state index contributed by atoms with van der Waals surface area (Å²) in [4.78, 5) is 21.8. The van der Waals surface area contributed by atoms with Crippen LogP contribution in [0.4, 0.5) is 0 Å². The largest absolute Gasteiger partial charge is 0.478 e. The minimum atomic E-state index is -1.07. The van der Waals surface area contributed by atoms with Gasteiger partial charge in [-0.3, -0.25) is 0 Å². The van der Waals surface area contributed by atoms with Crippen molar-refractivity contribution in [2.45, 2.75) is 12.3 Å². The number of hydrogen-bond acceptors (Lipinski definition) is 3. The first kappa shape index (κ1) is 10.1.